The molecule has 1 fully saturated rings. The standard InChI is InChI=1S/C16H21NO2/c1-12(2)17-15(9-13(3)16(17)18)11-19-10-14-7-5-4-6-8-14/h4-8,12,15H,3,9-11H2,1-2H3. The van der Waals surface area contributed by atoms with E-state index in [1.54, 1.807) is 0 Å². The molecule has 3 heteroatoms. The van der Waals surface area contributed by atoms with E-state index in [2.05, 4.69) is 6.58 Å². The molecular formula is C16H21NO2. The summed E-state index contributed by atoms with van der Waals surface area (Å²) in [5.41, 5.74) is 1.85. The molecule has 0 N–H and O–H groups in total. The van der Waals surface area contributed by atoms with Gasteiger partial charge in [0.15, 0.2) is 0 Å². The average Bonchev–Trinajstić information content (AvgIpc) is 2.66. The Morgan fingerprint density at radius 2 is 2.05 bits per heavy atom. The minimum absolute atomic E-state index is 0.0725. The van der Waals surface area contributed by atoms with Crippen molar-refractivity contribution in [1.29, 1.82) is 0 Å². The molecule has 2 rings (SSSR count). The van der Waals surface area contributed by atoms with Crippen LogP contribution in [-0.4, -0.2) is 29.5 Å². The topological polar surface area (TPSA) is 29.5 Å². The smallest absolute Gasteiger partial charge is 0.249 e. The van der Waals surface area contributed by atoms with Crippen LogP contribution in [0, 0.1) is 0 Å². The van der Waals surface area contributed by atoms with Gasteiger partial charge in [-0.25, -0.2) is 0 Å². The molecule has 1 amide bonds. The van der Waals surface area contributed by atoms with Gasteiger partial charge in [-0.15, -0.1) is 0 Å². The molecule has 0 spiro atoms. The molecule has 1 aliphatic rings. The second kappa shape index (κ2) is 6.02. The lowest BCUT2D eigenvalue weighted by molar-refractivity contribution is -0.129. The second-order valence-electron chi connectivity index (χ2n) is 5.27. The van der Waals surface area contributed by atoms with Gasteiger partial charge in [0.2, 0.25) is 5.91 Å². The van der Waals surface area contributed by atoms with E-state index < -0.39 is 0 Å². The molecule has 1 unspecified atom stereocenters. The van der Waals surface area contributed by atoms with E-state index in [9.17, 15) is 4.79 Å². The molecule has 0 aliphatic carbocycles. The second-order valence-corrected chi connectivity index (χ2v) is 5.27. The SMILES string of the molecule is C=C1CC(COCc2ccccc2)N(C(C)C)C1=O. The van der Waals surface area contributed by atoms with Crippen LogP contribution in [0.1, 0.15) is 25.8 Å². The van der Waals surface area contributed by atoms with Gasteiger partial charge in [-0.2, -0.15) is 0 Å². The van der Waals surface area contributed by atoms with Gasteiger partial charge in [-0.3, -0.25) is 4.79 Å². The van der Waals surface area contributed by atoms with Gasteiger partial charge in [0, 0.05) is 11.6 Å². The van der Waals surface area contributed by atoms with Crippen molar-refractivity contribution in [2.24, 2.45) is 0 Å². The van der Waals surface area contributed by atoms with Gasteiger partial charge in [-0.1, -0.05) is 36.9 Å². The Morgan fingerprint density at radius 1 is 1.37 bits per heavy atom. The number of likely N-dealkylation sites (tertiary alicyclic amines) is 1. The first-order valence-corrected chi connectivity index (χ1v) is 6.71. The zero-order valence-corrected chi connectivity index (χ0v) is 11.6. The number of ether oxygens (including phenoxy) is 1. The highest BCUT2D eigenvalue weighted by atomic mass is 16.5. The quantitative estimate of drug-likeness (QED) is 0.761. The van der Waals surface area contributed by atoms with E-state index >= 15 is 0 Å². The average molecular weight is 259 g/mol. The maximum absolute atomic E-state index is 12.0. The van der Waals surface area contributed by atoms with E-state index in [0.717, 1.165) is 5.56 Å². The lowest BCUT2D eigenvalue weighted by Crippen LogP contribution is -2.41. The molecule has 0 bridgehead atoms. The number of amides is 1. The van der Waals surface area contributed by atoms with Gasteiger partial charge >= 0.3 is 0 Å². The van der Waals surface area contributed by atoms with Crippen LogP contribution in [0.3, 0.4) is 0 Å². The highest BCUT2D eigenvalue weighted by Gasteiger charge is 2.35. The van der Waals surface area contributed by atoms with Crippen LogP contribution >= 0.6 is 0 Å². The molecule has 1 heterocycles. The predicted octanol–water partition coefficient (Wildman–Crippen LogP) is 2.77. The third-order valence-corrected chi connectivity index (χ3v) is 3.39. The summed E-state index contributed by atoms with van der Waals surface area (Å²) in [5, 5.41) is 0. The van der Waals surface area contributed by atoms with Crippen LogP contribution in [0.15, 0.2) is 42.5 Å². The molecule has 1 saturated heterocycles. The summed E-state index contributed by atoms with van der Waals surface area (Å²) < 4.78 is 5.75. The van der Waals surface area contributed by atoms with E-state index in [0.29, 0.717) is 25.2 Å². The van der Waals surface area contributed by atoms with Crippen molar-refractivity contribution in [2.75, 3.05) is 6.61 Å². The zero-order chi connectivity index (χ0) is 13.8. The van der Waals surface area contributed by atoms with E-state index in [1.807, 2.05) is 49.1 Å². The molecule has 0 radical (unpaired) electrons. The summed E-state index contributed by atoms with van der Waals surface area (Å²) in [5.74, 6) is 0.0725. The third-order valence-electron chi connectivity index (χ3n) is 3.39. The van der Waals surface area contributed by atoms with Crippen molar-refractivity contribution < 1.29 is 9.53 Å². The summed E-state index contributed by atoms with van der Waals surface area (Å²) >= 11 is 0. The van der Waals surface area contributed by atoms with Crippen LogP contribution in [0.25, 0.3) is 0 Å². The molecule has 19 heavy (non-hydrogen) atoms. The van der Waals surface area contributed by atoms with E-state index in [1.165, 1.54) is 0 Å². The van der Waals surface area contributed by atoms with E-state index in [-0.39, 0.29) is 18.0 Å². The number of hydrogen-bond acceptors (Lipinski definition) is 2. The fourth-order valence-corrected chi connectivity index (χ4v) is 2.50. The Balaban J connectivity index is 1.88. The van der Waals surface area contributed by atoms with Gasteiger partial charge in [-0.05, 0) is 25.8 Å². The molecular weight excluding hydrogens is 238 g/mol. The Labute approximate surface area is 114 Å². The Hall–Kier alpha value is -1.61. The molecule has 1 aliphatic heterocycles. The number of benzene rings is 1. The highest BCUT2D eigenvalue weighted by Crippen LogP contribution is 2.25. The number of rotatable bonds is 5. The van der Waals surface area contributed by atoms with Crippen molar-refractivity contribution in [3.8, 4) is 0 Å². The summed E-state index contributed by atoms with van der Waals surface area (Å²) in [6.45, 7) is 9.05. The van der Waals surface area contributed by atoms with Gasteiger partial charge < -0.3 is 9.64 Å². The fourth-order valence-electron chi connectivity index (χ4n) is 2.50. The Kier molecular flexibility index (Phi) is 4.38. The van der Waals surface area contributed by atoms with Crippen LogP contribution in [0.4, 0.5) is 0 Å². The molecule has 1 aromatic rings. The van der Waals surface area contributed by atoms with Crippen LogP contribution in [-0.2, 0) is 16.1 Å². The normalized spacial score (nSPS) is 19.5. The lowest BCUT2D eigenvalue weighted by Gasteiger charge is -2.28. The zero-order valence-electron chi connectivity index (χ0n) is 11.6. The van der Waals surface area contributed by atoms with Gasteiger partial charge in [0.25, 0.3) is 0 Å². The number of hydrogen-bond donors (Lipinski definition) is 0. The Morgan fingerprint density at radius 3 is 2.68 bits per heavy atom. The minimum atomic E-state index is 0.0725. The van der Waals surface area contributed by atoms with E-state index in [4.69, 9.17) is 4.74 Å². The first-order chi connectivity index (χ1) is 9.09. The Bertz CT molecular complexity index is 453. The first-order valence-electron chi connectivity index (χ1n) is 6.71. The van der Waals surface area contributed by atoms with Crippen LogP contribution in [0.2, 0.25) is 0 Å². The summed E-state index contributed by atoms with van der Waals surface area (Å²) in [7, 11) is 0. The summed E-state index contributed by atoms with van der Waals surface area (Å²) in [6, 6.07) is 10.4. The number of carbonyl (C=O) groups is 1. The predicted molar refractivity (Wildman–Crippen MR) is 75.6 cm³/mol. The minimum Gasteiger partial charge on any atom is -0.375 e. The van der Waals surface area contributed by atoms with Crippen molar-refractivity contribution in [2.45, 2.75) is 39.0 Å². The molecule has 102 valence electrons. The highest BCUT2D eigenvalue weighted by molar-refractivity contribution is 5.95. The molecule has 0 aromatic heterocycles. The summed E-state index contributed by atoms with van der Waals surface area (Å²) in [6.07, 6.45) is 0.714. The van der Waals surface area contributed by atoms with Crippen molar-refractivity contribution >= 4 is 5.91 Å². The maximum atomic E-state index is 12.0. The lowest BCUT2D eigenvalue weighted by atomic mass is 10.2. The van der Waals surface area contributed by atoms with Gasteiger partial charge in [0.1, 0.15) is 0 Å². The first kappa shape index (κ1) is 13.8. The maximum Gasteiger partial charge on any atom is 0.249 e. The van der Waals surface area contributed by atoms with Gasteiger partial charge in [0.05, 0.1) is 19.3 Å². The van der Waals surface area contributed by atoms with Crippen molar-refractivity contribution in [3.05, 3.63) is 48.0 Å². The molecule has 1 aromatic carbocycles. The fraction of sp³-hybridized carbons (Fsp3) is 0.438. The van der Waals surface area contributed by atoms with Crippen molar-refractivity contribution in [1.82, 2.24) is 4.90 Å². The monoisotopic (exact) mass is 259 g/mol. The van der Waals surface area contributed by atoms with Crippen LogP contribution in [0.5, 0.6) is 0 Å². The molecule has 0 saturated carbocycles. The molecule has 3 nitrogen and oxygen atoms in total. The largest absolute Gasteiger partial charge is 0.375 e. The number of nitrogens with zero attached hydrogens (tertiary/aromatic N) is 1. The summed E-state index contributed by atoms with van der Waals surface area (Å²) in [4.78, 5) is 13.8. The van der Waals surface area contributed by atoms with Crippen LogP contribution < -0.4 is 0 Å². The molecule has 1 atom stereocenters. The number of carbonyl (C=O) groups excluding carboxylic acids is 1. The van der Waals surface area contributed by atoms with Crippen molar-refractivity contribution in [3.63, 3.8) is 0 Å². The third kappa shape index (κ3) is 3.24.